The van der Waals surface area contributed by atoms with E-state index in [-0.39, 0.29) is 17.3 Å². The average molecular weight is 399 g/mol. The monoisotopic (exact) mass is 399 g/mol. The van der Waals surface area contributed by atoms with Gasteiger partial charge in [0.15, 0.2) is 5.82 Å². The van der Waals surface area contributed by atoms with Crippen molar-refractivity contribution in [3.05, 3.63) is 66.0 Å². The first-order valence-electron chi connectivity index (χ1n) is 9.02. The van der Waals surface area contributed by atoms with Gasteiger partial charge in [-0.3, -0.25) is 4.79 Å². The summed E-state index contributed by atoms with van der Waals surface area (Å²) in [5, 5.41) is 7.96. The summed E-state index contributed by atoms with van der Waals surface area (Å²) in [6.07, 6.45) is 0. The second-order valence-electron chi connectivity index (χ2n) is 6.08. The van der Waals surface area contributed by atoms with Gasteiger partial charge in [-0.05, 0) is 31.5 Å². The summed E-state index contributed by atoms with van der Waals surface area (Å²) in [6, 6.07) is 15.7. The first-order chi connectivity index (χ1) is 13.6. The summed E-state index contributed by atoms with van der Waals surface area (Å²) in [5.74, 6) is 5.90. The SMILES string of the molecule is CCN(CC)C(=O)[C@H](Sc1nnc(-c2ccccc2F)n1N)c1ccccc1. The van der Waals surface area contributed by atoms with Crippen molar-refractivity contribution in [3.8, 4) is 11.4 Å². The number of halogens is 1. The van der Waals surface area contributed by atoms with Crippen LogP contribution in [0.3, 0.4) is 0 Å². The van der Waals surface area contributed by atoms with Crippen LogP contribution in [-0.4, -0.2) is 38.8 Å². The van der Waals surface area contributed by atoms with E-state index in [1.807, 2.05) is 44.2 Å². The number of thioether (sulfide) groups is 1. The number of aromatic nitrogens is 3. The molecule has 8 heteroatoms. The molecule has 1 atom stereocenters. The Kier molecular flexibility index (Phi) is 6.30. The molecule has 1 heterocycles. The van der Waals surface area contributed by atoms with Crippen molar-refractivity contribution in [2.45, 2.75) is 24.3 Å². The number of nitrogens with two attached hydrogens (primary N) is 1. The molecule has 2 N–H and O–H groups in total. The van der Waals surface area contributed by atoms with Crippen LogP contribution in [0.2, 0.25) is 0 Å². The number of benzene rings is 2. The highest BCUT2D eigenvalue weighted by molar-refractivity contribution is 8.00. The van der Waals surface area contributed by atoms with Crippen molar-refractivity contribution >= 4 is 17.7 Å². The highest BCUT2D eigenvalue weighted by atomic mass is 32.2. The summed E-state index contributed by atoms with van der Waals surface area (Å²) < 4.78 is 15.3. The van der Waals surface area contributed by atoms with Crippen LogP contribution in [0, 0.1) is 5.82 Å². The zero-order valence-corrected chi connectivity index (χ0v) is 16.6. The van der Waals surface area contributed by atoms with Gasteiger partial charge in [-0.2, -0.15) is 0 Å². The Hall–Kier alpha value is -2.87. The van der Waals surface area contributed by atoms with E-state index in [1.54, 1.807) is 23.1 Å². The largest absolute Gasteiger partial charge is 0.342 e. The number of carbonyl (C=O) groups excluding carboxylic acids is 1. The molecule has 3 rings (SSSR count). The third kappa shape index (κ3) is 4.01. The predicted molar refractivity (Wildman–Crippen MR) is 109 cm³/mol. The Morgan fingerprint density at radius 2 is 1.75 bits per heavy atom. The molecular weight excluding hydrogens is 377 g/mol. The maximum Gasteiger partial charge on any atom is 0.240 e. The summed E-state index contributed by atoms with van der Waals surface area (Å²) >= 11 is 1.21. The van der Waals surface area contributed by atoms with E-state index in [0.717, 1.165) is 5.56 Å². The lowest BCUT2D eigenvalue weighted by Gasteiger charge is -2.24. The van der Waals surface area contributed by atoms with E-state index >= 15 is 0 Å². The Balaban J connectivity index is 1.96. The van der Waals surface area contributed by atoms with E-state index in [4.69, 9.17) is 5.84 Å². The number of nitrogens with zero attached hydrogens (tertiary/aromatic N) is 4. The summed E-state index contributed by atoms with van der Waals surface area (Å²) in [5.41, 5.74) is 1.11. The molecule has 0 radical (unpaired) electrons. The highest BCUT2D eigenvalue weighted by Gasteiger charge is 2.28. The molecule has 0 unspecified atom stereocenters. The van der Waals surface area contributed by atoms with Crippen LogP contribution in [0.1, 0.15) is 24.7 Å². The Morgan fingerprint density at radius 3 is 2.39 bits per heavy atom. The minimum absolute atomic E-state index is 0.0309. The highest BCUT2D eigenvalue weighted by Crippen LogP contribution is 2.36. The average Bonchev–Trinajstić information content (AvgIpc) is 3.08. The van der Waals surface area contributed by atoms with Gasteiger partial charge in [0.05, 0.1) is 5.56 Å². The van der Waals surface area contributed by atoms with E-state index in [9.17, 15) is 9.18 Å². The van der Waals surface area contributed by atoms with Crippen LogP contribution >= 0.6 is 11.8 Å². The van der Waals surface area contributed by atoms with Crippen LogP contribution in [0.5, 0.6) is 0 Å². The Morgan fingerprint density at radius 1 is 1.11 bits per heavy atom. The Bertz CT molecular complexity index is 943. The second kappa shape index (κ2) is 8.88. The zero-order valence-electron chi connectivity index (χ0n) is 15.7. The van der Waals surface area contributed by atoms with Crippen LogP contribution in [0.25, 0.3) is 11.4 Å². The molecule has 146 valence electrons. The van der Waals surface area contributed by atoms with Gasteiger partial charge in [-0.15, -0.1) is 10.2 Å². The fraction of sp³-hybridized carbons (Fsp3) is 0.250. The third-order valence-corrected chi connectivity index (χ3v) is 5.60. The molecule has 0 saturated heterocycles. The van der Waals surface area contributed by atoms with E-state index in [2.05, 4.69) is 10.2 Å². The van der Waals surface area contributed by atoms with Gasteiger partial charge in [0.25, 0.3) is 0 Å². The standard InChI is InChI=1S/C20H22FN5OS/c1-3-25(4-2)19(27)17(14-10-6-5-7-11-14)28-20-24-23-18(26(20)22)15-12-8-9-13-16(15)21/h5-13,17H,3-4,22H2,1-2H3/t17-/m1/s1. The third-order valence-electron chi connectivity index (χ3n) is 4.40. The molecule has 6 nitrogen and oxygen atoms in total. The molecular formula is C20H22FN5OS. The van der Waals surface area contributed by atoms with Gasteiger partial charge in [-0.1, -0.05) is 54.2 Å². The fourth-order valence-electron chi connectivity index (χ4n) is 2.88. The molecule has 1 amide bonds. The minimum Gasteiger partial charge on any atom is -0.342 e. The van der Waals surface area contributed by atoms with Gasteiger partial charge in [0.1, 0.15) is 11.1 Å². The summed E-state index contributed by atoms with van der Waals surface area (Å²) in [4.78, 5) is 14.9. The lowest BCUT2D eigenvalue weighted by Crippen LogP contribution is -2.34. The predicted octanol–water partition coefficient (Wildman–Crippen LogP) is 3.50. The number of hydrogen-bond donors (Lipinski definition) is 1. The molecule has 0 aliphatic carbocycles. The smallest absolute Gasteiger partial charge is 0.240 e. The number of hydrogen-bond acceptors (Lipinski definition) is 5. The van der Waals surface area contributed by atoms with Crippen molar-refractivity contribution in [2.24, 2.45) is 0 Å². The maximum absolute atomic E-state index is 14.1. The molecule has 2 aromatic carbocycles. The molecule has 0 saturated carbocycles. The first-order valence-corrected chi connectivity index (χ1v) is 9.90. The minimum atomic E-state index is -0.527. The molecule has 0 aliphatic rings. The molecule has 1 aromatic heterocycles. The van der Waals surface area contributed by atoms with Crippen molar-refractivity contribution in [1.82, 2.24) is 19.8 Å². The van der Waals surface area contributed by atoms with Gasteiger partial charge in [0, 0.05) is 13.1 Å². The van der Waals surface area contributed by atoms with Crippen molar-refractivity contribution in [2.75, 3.05) is 18.9 Å². The molecule has 0 bridgehead atoms. The number of likely N-dealkylation sites (N-methyl/N-ethyl adjacent to an activating group) is 1. The molecule has 28 heavy (non-hydrogen) atoms. The number of amides is 1. The molecule has 0 spiro atoms. The fourth-order valence-corrected chi connectivity index (χ4v) is 3.92. The summed E-state index contributed by atoms with van der Waals surface area (Å²) in [6.45, 7) is 5.09. The lowest BCUT2D eigenvalue weighted by atomic mass is 10.1. The van der Waals surface area contributed by atoms with E-state index < -0.39 is 11.1 Å². The van der Waals surface area contributed by atoms with E-state index in [1.165, 1.54) is 22.5 Å². The van der Waals surface area contributed by atoms with Gasteiger partial charge < -0.3 is 10.7 Å². The van der Waals surface area contributed by atoms with E-state index in [0.29, 0.717) is 18.2 Å². The number of rotatable bonds is 7. The maximum atomic E-state index is 14.1. The molecule has 0 fully saturated rings. The quantitative estimate of drug-likeness (QED) is 0.486. The van der Waals surface area contributed by atoms with Gasteiger partial charge in [-0.25, -0.2) is 9.07 Å². The van der Waals surface area contributed by atoms with Crippen LogP contribution in [0.15, 0.2) is 59.8 Å². The second-order valence-corrected chi connectivity index (χ2v) is 7.15. The molecule has 0 aliphatic heterocycles. The van der Waals surface area contributed by atoms with Crippen LogP contribution in [-0.2, 0) is 4.79 Å². The van der Waals surface area contributed by atoms with Gasteiger partial charge in [0.2, 0.25) is 11.1 Å². The Labute approximate surface area is 167 Å². The topological polar surface area (TPSA) is 77.0 Å². The number of nitrogen functional groups attached to an aromatic ring is 1. The van der Waals surface area contributed by atoms with Crippen LogP contribution in [0.4, 0.5) is 4.39 Å². The first kappa shape index (κ1) is 19.9. The van der Waals surface area contributed by atoms with Crippen molar-refractivity contribution in [1.29, 1.82) is 0 Å². The zero-order chi connectivity index (χ0) is 20.1. The molecule has 3 aromatic rings. The number of carbonyl (C=O) groups is 1. The summed E-state index contributed by atoms with van der Waals surface area (Å²) in [7, 11) is 0. The van der Waals surface area contributed by atoms with Crippen molar-refractivity contribution < 1.29 is 9.18 Å². The normalized spacial score (nSPS) is 12.0. The van der Waals surface area contributed by atoms with Crippen LogP contribution < -0.4 is 5.84 Å². The van der Waals surface area contributed by atoms with Crippen molar-refractivity contribution in [3.63, 3.8) is 0 Å². The lowest BCUT2D eigenvalue weighted by molar-refractivity contribution is -0.130. The van der Waals surface area contributed by atoms with Gasteiger partial charge >= 0.3 is 0 Å².